The van der Waals surface area contributed by atoms with Crippen molar-refractivity contribution in [3.63, 3.8) is 0 Å². The molecule has 0 unspecified atom stereocenters. The van der Waals surface area contributed by atoms with Crippen molar-refractivity contribution in [2.75, 3.05) is 56.6 Å². The summed E-state index contributed by atoms with van der Waals surface area (Å²) in [6, 6.07) is 11.2. The number of anilines is 3. The highest BCUT2D eigenvalue weighted by atomic mass is 35.5. The fourth-order valence-electron chi connectivity index (χ4n) is 4.02. The van der Waals surface area contributed by atoms with Crippen LogP contribution in [0.25, 0.3) is 0 Å². The third kappa shape index (κ3) is 7.92. The molecule has 0 atom stereocenters. The molecule has 0 saturated carbocycles. The van der Waals surface area contributed by atoms with Gasteiger partial charge in [-0.3, -0.25) is 14.7 Å². The Morgan fingerprint density at radius 1 is 1.10 bits per heavy atom. The first-order valence-corrected chi connectivity index (χ1v) is 13.3. The zero-order valence-electron chi connectivity index (χ0n) is 22.0. The van der Waals surface area contributed by atoms with E-state index < -0.39 is 11.9 Å². The number of hydrogen-bond acceptors (Lipinski definition) is 8. The lowest BCUT2D eigenvalue weighted by molar-refractivity contribution is 0.0965. The number of benzene rings is 2. The number of piperazine rings is 1. The van der Waals surface area contributed by atoms with Crippen LogP contribution in [0.4, 0.5) is 26.6 Å². The van der Waals surface area contributed by atoms with Gasteiger partial charge in [0.15, 0.2) is 17.3 Å². The summed E-state index contributed by atoms with van der Waals surface area (Å²) >= 11 is 12.0. The Labute approximate surface area is 237 Å². The van der Waals surface area contributed by atoms with Crippen molar-refractivity contribution in [2.24, 2.45) is 0 Å². The van der Waals surface area contributed by atoms with E-state index in [4.69, 9.17) is 32.7 Å². The van der Waals surface area contributed by atoms with Crippen LogP contribution in [0.2, 0.25) is 10.0 Å². The third-order valence-electron chi connectivity index (χ3n) is 6.34. The fraction of sp³-hybridized carbons (Fsp3) is 0.370. The van der Waals surface area contributed by atoms with Gasteiger partial charge < -0.3 is 14.8 Å². The molecule has 1 aliphatic rings. The molecule has 1 fully saturated rings. The molecule has 1 aliphatic heterocycles. The van der Waals surface area contributed by atoms with Crippen LogP contribution in [0.3, 0.4) is 0 Å². The van der Waals surface area contributed by atoms with E-state index in [2.05, 4.69) is 38.9 Å². The summed E-state index contributed by atoms with van der Waals surface area (Å²) in [5.41, 5.74) is 0.428. The molecular formula is C27H31Cl2FN6O3. The van der Waals surface area contributed by atoms with Crippen LogP contribution in [0.5, 0.6) is 11.5 Å². The summed E-state index contributed by atoms with van der Waals surface area (Å²) in [5.74, 6) is 0.227. The Balaban J connectivity index is 1.31. The van der Waals surface area contributed by atoms with Crippen molar-refractivity contribution in [3.05, 3.63) is 64.5 Å². The lowest BCUT2D eigenvalue weighted by atomic mass is 10.2. The monoisotopic (exact) mass is 576 g/mol. The van der Waals surface area contributed by atoms with Crippen LogP contribution in [0.15, 0.2) is 48.7 Å². The number of amides is 1. The van der Waals surface area contributed by atoms with E-state index in [1.54, 1.807) is 18.2 Å². The van der Waals surface area contributed by atoms with Crippen molar-refractivity contribution in [2.45, 2.75) is 19.9 Å². The maximum atomic E-state index is 14.7. The van der Waals surface area contributed by atoms with Gasteiger partial charge in [0.1, 0.15) is 12.4 Å². The van der Waals surface area contributed by atoms with E-state index in [1.807, 2.05) is 0 Å². The van der Waals surface area contributed by atoms with Gasteiger partial charge in [-0.2, -0.15) is 4.98 Å². The number of ether oxygens (including phenoxy) is 2. The van der Waals surface area contributed by atoms with Gasteiger partial charge in [-0.15, -0.1) is 0 Å². The van der Waals surface area contributed by atoms with Crippen LogP contribution in [-0.2, 0) is 0 Å². The van der Waals surface area contributed by atoms with Gasteiger partial charge in [0.25, 0.3) is 0 Å². The van der Waals surface area contributed by atoms with Gasteiger partial charge in [0.2, 0.25) is 5.95 Å². The second-order valence-electron chi connectivity index (χ2n) is 9.33. The summed E-state index contributed by atoms with van der Waals surface area (Å²) in [7, 11) is 1.49. The van der Waals surface area contributed by atoms with E-state index in [-0.39, 0.29) is 28.3 Å². The second-order valence-corrected chi connectivity index (χ2v) is 10.2. The maximum absolute atomic E-state index is 14.7. The Morgan fingerprint density at radius 3 is 2.59 bits per heavy atom. The molecule has 1 N–H and O–H groups in total. The van der Waals surface area contributed by atoms with Crippen molar-refractivity contribution < 1.29 is 18.7 Å². The van der Waals surface area contributed by atoms with Gasteiger partial charge in [-0.05, 0) is 44.2 Å². The first-order chi connectivity index (χ1) is 18.7. The minimum atomic E-state index is -0.724. The average molecular weight is 577 g/mol. The molecule has 39 heavy (non-hydrogen) atoms. The lowest BCUT2D eigenvalue weighted by Crippen LogP contribution is -2.49. The molecule has 3 aromatic rings. The normalized spacial score (nSPS) is 14.3. The largest absolute Gasteiger partial charge is 0.489 e. The number of nitrogens with zero attached hydrogens (tertiary/aromatic N) is 5. The summed E-state index contributed by atoms with van der Waals surface area (Å²) < 4.78 is 25.8. The van der Waals surface area contributed by atoms with Gasteiger partial charge >= 0.3 is 6.09 Å². The van der Waals surface area contributed by atoms with Gasteiger partial charge in [0.05, 0.1) is 5.02 Å². The Morgan fingerprint density at radius 2 is 1.87 bits per heavy atom. The number of aromatic nitrogens is 2. The quantitative estimate of drug-likeness (QED) is 0.347. The van der Waals surface area contributed by atoms with Crippen LogP contribution in [-0.4, -0.2) is 78.3 Å². The number of hydrogen-bond donors (Lipinski definition) is 1. The zero-order chi connectivity index (χ0) is 27.9. The van der Waals surface area contributed by atoms with Crippen molar-refractivity contribution in [1.29, 1.82) is 0 Å². The minimum Gasteiger partial charge on any atom is -0.489 e. The number of rotatable bonds is 9. The standard InChI is InChI=1S/C27H31Cl2FN6O3/c1-18(2)36-12-10-35(11-13-36)14-15-38-23-7-5-20(17-22(23)30)32-26-31-9-8-25(33-26)34(3)27(37)39-24-16-19(28)4-6-21(24)29/h4-9,16-18H,10-15H2,1-3H3,(H,31,32,33). The minimum absolute atomic E-state index is 0.125. The molecule has 4 rings (SSSR count). The highest BCUT2D eigenvalue weighted by Crippen LogP contribution is 2.29. The van der Waals surface area contributed by atoms with E-state index >= 15 is 0 Å². The fourth-order valence-corrected chi connectivity index (χ4v) is 4.34. The topological polar surface area (TPSA) is 83.1 Å². The molecule has 0 radical (unpaired) electrons. The smallest absolute Gasteiger partial charge is 0.420 e. The summed E-state index contributed by atoms with van der Waals surface area (Å²) in [4.78, 5) is 27.0. The summed E-state index contributed by atoms with van der Waals surface area (Å²) in [6.07, 6.45) is 0.744. The van der Waals surface area contributed by atoms with Gasteiger partial charge in [-0.1, -0.05) is 23.2 Å². The van der Waals surface area contributed by atoms with Gasteiger partial charge in [0, 0.05) is 74.9 Å². The van der Waals surface area contributed by atoms with Crippen molar-refractivity contribution >= 4 is 46.7 Å². The molecule has 1 saturated heterocycles. The third-order valence-corrected chi connectivity index (χ3v) is 6.89. The number of carbonyl (C=O) groups excluding carboxylic acids is 1. The van der Waals surface area contributed by atoms with E-state index in [9.17, 15) is 9.18 Å². The predicted octanol–water partition coefficient (Wildman–Crippen LogP) is 5.71. The van der Waals surface area contributed by atoms with Crippen molar-refractivity contribution in [3.8, 4) is 11.5 Å². The number of halogens is 3. The average Bonchev–Trinajstić information content (AvgIpc) is 2.92. The Hall–Kier alpha value is -3.18. The second kappa shape index (κ2) is 13.3. The summed E-state index contributed by atoms with van der Waals surface area (Å²) in [5, 5.41) is 3.56. The Kier molecular flexibility index (Phi) is 9.79. The molecule has 208 valence electrons. The molecule has 1 amide bonds. The molecule has 2 aromatic carbocycles. The van der Waals surface area contributed by atoms with Crippen molar-refractivity contribution in [1.82, 2.24) is 19.8 Å². The molecule has 9 nitrogen and oxygen atoms in total. The Bertz CT molecular complexity index is 1290. The molecule has 2 heterocycles. The molecule has 0 aliphatic carbocycles. The number of nitrogens with one attached hydrogen (secondary N) is 1. The van der Waals surface area contributed by atoms with E-state index in [0.29, 0.717) is 23.4 Å². The summed E-state index contributed by atoms with van der Waals surface area (Å²) in [6.45, 7) is 9.58. The van der Waals surface area contributed by atoms with Crippen LogP contribution in [0, 0.1) is 5.82 Å². The first-order valence-electron chi connectivity index (χ1n) is 12.6. The molecule has 1 aromatic heterocycles. The molecule has 0 spiro atoms. The molecular weight excluding hydrogens is 546 g/mol. The highest BCUT2D eigenvalue weighted by Gasteiger charge is 2.19. The SMILES string of the molecule is CC(C)N1CCN(CCOc2ccc(Nc3nccc(N(C)C(=O)Oc4cc(Cl)ccc4Cl)n3)cc2F)CC1. The maximum Gasteiger partial charge on any atom is 0.420 e. The number of carbonyl (C=O) groups is 1. The lowest BCUT2D eigenvalue weighted by Gasteiger charge is -2.36. The highest BCUT2D eigenvalue weighted by molar-refractivity contribution is 6.34. The first kappa shape index (κ1) is 28.8. The van der Waals surface area contributed by atoms with Gasteiger partial charge in [-0.25, -0.2) is 14.2 Å². The van der Waals surface area contributed by atoms with Crippen LogP contribution >= 0.6 is 23.2 Å². The zero-order valence-corrected chi connectivity index (χ0v) is 23.5. The van der Waals surface area contributed by atoms with Crippen LogP contribution < -0.4 is 19.7 Å². The molecule has 0 bridgehead atoms. The van der Waals surface area contributed by atoms with Crippen LogP contribution in [0.1, 0.15) is 13.8 Å². The predicted molar refractivity (Wildman–Crippen MR) is 151 cm³/mol. The molecule has 12 heteroatoms. The van der Waals surface area contributed by atoms with E-state index in [1.165, 1.54) is 42.4 Å². The van der Waals surface area contributed by atoms with E-state index in [0.717, 1.165) is 32.7 Å².